The molecule has 0 spiro atoms. The average Bonchev–Trinajstić information content (AvgIpc) is 3.47. The Morgan fingerprint density at radius 3 is 2.46 bits per heavy atom. The van der Waals surface area contributed by atoms with E-state index in [9.17, 15) is 19.7 Å². The van der Waals surface area contributed by atoms with Crippen LogP contribution in [0.1, 0.15) is 31.2 Å². The number of ketones is 1. The largest absolute Gasteiger partial charge is 0.497 e. The number of furan rings is 1. The topological polar surface area (TPSA) is 117 Å². The van der Waals surface area contributed by atoms with Gasteiger partial charge in [0.1, 0.15) is 17.3 Å². The number of fused-ring (bicyclic) bond motifs is 1. The van der Waals surface area contributed by atoms with Crippen molar-refractivity contribution in [1.29, 1.82) is 0 Å². The number of hydrogen-bond acceptors (Lipinski definition) is 8. The molecule has 4 aromatic rings. The van der Waals surface area contributed by atoms with Crippen LogP contribution in [0.5, 0.6) is 5.75 Å². The number of nitrogens with zero attached hydrogens (tertiary/aromatic N) is 3. The summed E-state index contributed by atoms with van der Waals surface area (Å²) in [5, 5.41) is 10.9. The molecule has 1 aliphatic rings. The third-order valence-electron chi connectivity index (χ3n) is 6.10. The van der Waals surface area contributed by atoms with Crippen molar-refractivity contribution in [3.05, 3.63) is 113 Å². The van der Waals surface area contributed by atoms with Crippen molar-refractivity contribution in [1.82, 2.24) is 4.57 Å². The SMILES string of the molecule is COc1ccc(C2C(C(C)=O)=C(C)N=c3s/c(=C/c4ccc(-c5ccc([N+](=O)[O-])cc5)o4)c(=O)n32)cc1. The van der Waals surface area contributed by atoms with Crippen molar-refractivity contribution in [3.63, 3.8) is 0 Å². The molecule has 0 bridgehead atoms. The smallest absolute Gasteiger partial charge is 0.271 e. The van der Waals surface area contributed by atoms with Gasteiger partial charge < -0.3 is 9.15 Å². The third-order valence-corrected chi connectivity index (χ3v) is 7.08. The average molecular weight is 516 g/mol. The fourth-order valence-electron chi connectivity index (χ4n) is 4.33. The van der Waals surface area contributed by atoms with Crippen molar-refractivity contribution in [2.24, 2.45) is 4.99 Å². The van der Waals surface area contributed by atoms with Gasteiger partial charge in [0, 0.05) is 35.0 Å². The lowest BCUT2D eigenvalue weighted by molar-refractivity contribution is -0.384. The van der Waals surface area contributed by atoms with Gasteiger partial charge in [-0.1, -0.05) is 23.5 Å². The zero-order chi connectivity index (χ0) is 26.3. The van der Waals surface area contributed by atoms with Gasteiger partial charge >= 0.3 is 0 Å². The Bertz CT molecular complexity index is 1740. The molecule has 9 nitrogen and oxygen atoms in total. The summed E-state index contributed by atoms with van der Waals surface area (Å²) in [6.45, 7) is 3.25. The van der Waals surface area contributed by atoms with Gasteiger partial charge in [-0.05, 0) is 55.8 Å². The van der Waals surface area contributed by atoms with Crippen LogP contribution < -0.4 is 19.6 Å². The standard InChI is InChI=1S/C27H21N3O6S/c1-15-24(16(2)31)25(18-6-10-20(35-3)11-7-18)29-26(32)23(37-27(29)28-15)14-21-12-13-22(36-21)17-4-8-19(9-5-17)30(33)34/h4-14,25H,1-3H3/b23-14+. The Labute approximate surface area is 214 Å². The first-order chi connectivity index (χ1) is 17.8. The van der Waals surface area contributed by atoms with E-state index in [2.05, 4.69) is 4.99 Å². The number of allylic oxidation sites excluding steroid dienone is 2. The number of rotatable bonds is 6. The molecule has 1 aliphatic heterocycles. The summed E-state index contributed by atoms with van der Waals surface area (Å²) in [5.74, 6) is 1.47. The molecule has 37 heavy (non-hydrogen) atoms. The molecule has 0 radical (unpaired) electrons. The molecule has 10 heteroatoms. The number of Topliss-reactive ketones (excluding diaryl/α,β-unsaturated/α-hetero) is 1. The highest BCUT2D eigenvalue weighted by molar-refractivity contribution is 7.07. The van der Waals surface area contributed by atoms with Gasteiger partial charge in [0.05, 0.1) is 22.6 Å². The Balaban J connectivity index is 1.59. The summed E-state index contributed by atoms with van der Waals surface area (Å²) in [6, 6.07) is 16.1. The second-order valence-electron chi connectivity index (χ2n) is 8.42. The zero-order valence-corrected chi connectivity index (χ0v) is 20.9. The van der Waals surface area contributed by atoms with Crippen LogP contribution >= 0.6 is 11.3 Å². The molecule has 1 atom stereocenters. The van der Waals surface area contributed by atoms with Gasteiger partial charge in [0.15, 0.2) is 10.6 Å². The van der Waals surface area contributed by atoms with Crippen molar-refractivity contribution in [3.8, 4) is 17.1 Å². The highest BCUT2D eigenvalue weighted by Gasteiger charge is 2.30. The van der Waals surface area contributed by atoms with Crippen LogP contribution in [0, 0.1) is 10.1 Å². The normalized spacial score (nSPS) is 15.3. The summed E-state index contributed by atoms with van der Waals surface area (Å²) in [7, 11) is 1.57. The number of hydrogen-bond donors (Lipinski definition) is 0. The molecule has 2 aromatic carbocycles. The van der Waals surface area contributed by atoms with E-state index in [1.54, 1.807) is 61.1 Å². The molecule has 1 unspecified atom stereocenters. The van der Waals surface area contributed by atoms with Gasteiger partial charge in [0.2, 0.25) is 0 Å². The Morgan fingerprint density at radius 2 is 1.84 bits per heavy atom. The second kappa shape index (κ2) is 9.47. The zero-order valence-electron chi connectivity index (χ0n) is 20.1. The maximum absolute atomic E-state index is 13.6. The molecule has 2 aromatic heterocycles. The first kappa shape index (κ1) is 24.1. The minimum atomic E-state index is -0.617. The van der Waals surface area contributed by atoms with Crippen molar-refractivity contribution in [2.75, 3.05) is 7.11 Å². The number of ether oxygens (including phenoxy) is 1. The number of carbonyl (C=O) groups is 1. The molecule has 186 valence electrons. The molecular formula is C27H21N3O6S. The minimum Gasteiger partial charge on any atom is -0.497 e. The lowest BCUT2D eigenvalue weighted by atomic mass is 9.93. The van der Waals surface area contributed by atoms with Crippen molar-refractivity contribution in [2.45, 2.75) is 19.9 Å². The third kappa shape index (κ3) is 4.43. The predicted molar refractivity (Wildman–Crippen MR) is 138 cm³/mol. The summed E-state index contributed by atoms with van der Waals surface area (Å²) in [4.78, 5) is 41.7. The van der Waals surface area contributed by atoms with Crippen molar-refractivity contribution >= 4 is 28.9 Å². The fourth-order valence-corrected chi connectivity index (χ4v) is 5.36. The number of aromatic nitrogens is 1. The first-order valence-corrected chi connectivity index (χ1v) is 12.1. The number of nitro benzene ring substituents is 1. The molecule has 0 amide bonds. The van der Waals surface area contributed by atoms with Crippen LogP contribution in [0.25, 0.3) is 17.4 Å². The number of benzene rings is 2. The van der Waals surface area contributed by atoms with Crippen LogP contribution in [-0.2, 0) is 4.79 Å². The number of thiazole rings is 1. The van der Waals surface area contributed by atoms with E-state index >= 15 is 0 Å². The molecule has 0 fully saturated rings. The summed E-state index contributed by atoms with van der Waals surface area (Å²) >= 11 is 1.21. The Hall–Kier alpha value is -4.57. The molecule has 5 rings (SSSR count). The maximum Gasteiger partial charge on any atom is 0.271 e. The van der Waals surface area contributed by atoms with Gasteiger partial charge in [0.25, 0.3) is 11.2 Å². The number of non-ortho nitro benzene ring substituents is 1. The molecule has 0 saturated heterocycles. The monoisotopic (exact) mass is 515 g/mol. The van der Waals surface area contributed by atoms with Crippen LogP contribution in [0.3, 0.4) is 0 Å². The van der Waals surface area contributed by atoms with Crippen LogP contribution in [0.2, 0.25) is 0 Å². The quantitative estimate of drug-likeness (QED) is 0.283. The molecular weight excluding hydrogens is 494 g/mol. The van der Waals surface area contributed by atoms with E-state index in [4.69, 9.17) is 9.15 Å². The van der Waals surface area contributed by atoms with E-state index in [1.165, 1.54) is 30.4 Å². The molecule has 3 heterocycles. The van der Waals surface area contributed by atoms with Gasteiger partial charge in [-0.15, -0.1) is 0 Å². The van der Waals surface area contributed by atoms with E-state index in [0.29, 0.717) is 43.4 Å². The summed E-state index contributed by atoms with van der Waals surface area (Å²) < 4.78 is 13.1. The fraction of sp³-hybridized carbons (Fsp3) is 0.148. The Kier molecular flexibility index (Phi) is 6.18. The van der Waals surface area contributed by atoms with Crippen LogP contribution in [0.4, 0.5) is 5.69 Å². The Morgan fingerprint density at radius 1 is 1.14 bits per heavy atom. The minimum absolute atomic E-state index is 0.0109. The number of carbonyl (C=O) groups excluding carboxylic acids is 1. The van der Waals surface area contributed by atoms with Gasteiger partial charge in [-0.2, -0.15) is 0 Å². The van der Waals surface area contributed by atoms with E-state index in [0.717, 1.165) is 5.56 Å². The molecule has 0 saturated carbocycles. The van der Waals surface area contributed by atoms with Gasteiger partial charge in [-0.3, -0.25) is 24.3 Å². The lowest BCUT2D eigenvalue weighted by Gasteiger charge is -2.24. The summed E-state index contributed by atoms with van der Waals surface area (Å²) in [6.07, 6.45) is 1.64. The van der Waals surface area contributed by atoms with Gasteiger partial charge in [-0.25, -0.2) is 4.99 Å². The van der Waals surface area contributed by atoms with E-state index in [-0.39, 0.29) is 17.0 Å². The summed E-state index contributed by atoms with van der Waals surface area (Å²) in [5.41, 5.74) is 2.17. The molecule has 0 N–H and O–H groups in total. The highest BCUT2D eigenvalue weighted by Crippen LogP contribution is 2.31. The van der Waals surface area contributed by atoms with E-state index < -0.39 is 11.0 Å². The first-order valence-electron chi connectivity index (χ1n) is 11.3. The second-order valence-corrected chi connectivity index (χ2v) is 9.43. The van der Waals surface area contributed by atoms with Crippen molar-refractivity contribution < 1.29 is 18.9 Å². The lowest BCUT2D eigenvalue weighted by Crippen LogP contribution is -2.39. The highest BCUT2D eigenvalue weighted by atomic mass is 32.1. The number of nitro groups is 1. The predicted octanol–water partition coefficient (Wildman–Crippen LogP) is 4.00. The van der Waals surface area contributed by atoms with Crippen LogP contribution in [-0.4, -0.2) is 22.4 Å². The maximum atomic E-state index is 13.6. The molecule has 0 aliphatic carbocycles. The number of methoxy groups -OCH3 is 1. The van der Waals surface area contributed by atoms with E-state index in [1.807, 2.05) is 12.1 Å². The van der Waals surface area contributed by atoms with Crippen LogP contribution in [0.15, 0.2) is 86.1 Å².